The number of fused-ring (bicyclic) bond motifs is 1. The van der Waals surface area contributed by atoms with E-state index >= 15 is 0 Å². The van der Waals surface area contributed by atoms with Gasteiger partial charge in [-0.2, -0.15) is 5.10 Å². The van der Waals surface area contributed by atoms with Crippen LogP contribution in [0.3, 0.4) is 0 Å². The Balaban J connectivity index is 2.17. The van der Waals surface area contributed by atoms with Crippen molar-refractivity contribution in [3.8, 4) is 0 Å². The van der Waals surface area contributed by atoms with Crippen LogP contribution in [-0.4, -0.2) is 20.6 Å². The van der Waals surface area contributed by atoms with E-state index in [9.17, 15) is 0 Å². The van der Waals surface area contributed by atoms with Gasteiger partial charge in [-0.15, -0.1) is 0 Å². The van der Waals surface area contributed by atoms with Crippen LogP contribution in [0.4, 0.5) is 0 Å². The lowest BCUT2D eigenvalue weighted by atomic mass is 10.1. The number of hydrogen-bond donors (Lipinski definition) is 1. The maximum Gasteiger partial charge on any atom is 0.154 e. The molecular formula is C10H14N4. The third-order valence-electron chi connectivity index (χ3n) is 2.19. The fourth-order valence-electron chi connectivity index (χ4n) is 1.37. The molecule has 2 heterocycles. The molecule has 2 rings (SSSR count). The number of nitrogens with zero attached hydrogens (tertiary/aromatic N) is 3. The molecule has 0 saturated carbocycles. The number of rotatable bonds is 3. The molecule has 14 heavy (non-hydrogen) atoms. The first-order chi connectivity index (χ1) is 6.75. The van der Waals surface area contributed by atoms with Crippen LogP contribution in [0.15, 0.2) is 24.7 Å². The van der Waals surface area contributed by atoms with Gasteiger partial charge in [-0.1, -0.05) is 0 Å². The highest BCUT2D eigenvalue weighted by molar-refractivity contribution is 5.35. The summed E-state index contributed by atoms with van der Waals surface area (Å²) < 4.78 is 1.79. The van der Waals surface area contributed by atoms with Crippen LogP contribution >= 0.6 is 0 Å². The molecule has 2 aromatic heterocycles. The molecule has 2 N–H and O–H groups in total. The molecule has 0 aliphatic heterocycles. The summed E-state index contributed by atoms with van der Waals surface area (Å²) in [6.45, 7) is 2.01. The summed E-state index contributed by atoms with van der Waals surface area (Å²) in [4.78, 5) is 4.28. The lowest BCUT2D eigenvalue weighted by molar-refractivity contribution is 0.662. The van der Waals surface area contributed by atoms with Crippen molar-refractivity contribution in [3.63, 3.8) is 0 Å². The van der Waals surface area contributed by atoms with Crippen molar-refractivity contribution < 1.29 is 0 Å². The number of hydrogen-bond acceptors (Lipinski definition) is 3. The van der Waals surface area contributed by atoms with E-state index in [1.165, 1.54) is 5.56 Å². The Morgan fingerprint density at radius 3 is 3.21 bits per heavy atom. The molecule has 1 atom stereocenters. The van der Waals surface area contributed by atoms with E-state index < -0.39 is 0 Å². The second-order valence-electron chi connectivity index (χ2n) is 3.61. The Bertz CT molecular complexity index is 419. The average Bonchev–Trinajstić information content (AvgIpc) is 2.61. The minimum atomic E-state index is 0.239. The summed E-state index contributed by atoms with van der Waals surface area (Å²) in [5.41, 5.74) is 7.75. The van der Waals surface area contributed by atoms with E-state index in [2.05, 4.69) is 10.1 Å². The van der Waals surface area contributed by atoms with Crippen LogP contribution in [0.1, 0.15) is 18.9 Å². The minimum absolute atomic E-state index is 0.239. The molecule has 0 aliphatic rings. The molecule has 0 aliphatic carbocycles. The fraction of sp³-hybridized carbons (Fsp3) is 0.400. The van der Waals surface area contributed by atoms with Crippen LogP contribution in [0.25, 0.3) is 5.65 Å². The summed E-state index contributed by atoms with van der Waals surface area (Å²) >= 11 is 0. The minimum Gasteiger partial charge on any atom is -0.328 e. The van der Waals surface area contributed by atoms with Gasteiger partial charge in [0, 0.05) is 24.5 Å². The average molecular weight is 190 g/mol. The van der Waals surface area contributed by atoms with Gasteiger partial charge in [0.15, 0.2) is 5.65 Å². The molecule has 0 aromatic carbocycles. The van der Waals surface area contributed by atoms with E-state index in [0.717, 1.165) is 18.5 Å². The van der Waals surface area contributed by atoms with Crippen molar-refractivity contribution in [2.75, 3.05) is 0 Å². The first-order valence-electron chi connectivity index (χ1n) is 4.79. The quantitative estimate of drug-likeness (QED) is 0.785. The summed E-state index contributed by atoms with van der Waals surface area (Å²) in [7, 11) is 0. The second-order valence-corrected chi connectivity index (χ2v) is 3.61. The molecule has 4 heteroatoms. The molecule has 0 amide bonds. The second kappa shape index (κ2) is 3.75. The van der Waals surface area contributed by atoms with Gasteiger partial charge in [-0.25, -0.2) is 9.50 Å². The Kier molecular flexibility index (Phi) is 2.45. The van der Waals surface area contributed by atoms with Gasteiger partial charge >= 0.3 is 0 Å². The molecule has 0 spiro atoms. The zero-order valence-corrected chi connectivity index (χ0v) is 8.22. The number of nitrogens with two attached hydrogens (primary N) is 1. The normalized spacial score (nSPS) is 13.3. The molecule has 74 valence electrons. The molecule has 0 fully saturated rings. The number of aromatic nitrogens is 3. The lowest BCUT2D eigenvalue weighted by Crippen LogP contribution is -2.15. The van der Waals surface area contributed by atoms with Crippen LogP contribution in [0, 0.1) is 0 Å². The van der Waals surface area contributed by atoms with E-state index in [-0.39, 0.29) is 6.04 Å². The standard InChI is InChI=1S/C10H14N4/c1-8(11)2-3-9-6-12-10-4-5-13-14(10)7-9/h4-8H,2-3,11H2,1H3/t8-/m0/s1. The summed E-state index contributed by atoms with van der Waals surface area (Å²) in [5.74, 6) is 0. The largest absolute Gasteiger partial charge is 0.328 e. The van der Waals surface area contributed by atoms with Crippen LogP contribution < -0.4 is 5.73 Å². The molecule has 0 saturated heterocycles. The van der Waals surface area contributed by atoms with E-state index in [1.54, 1.807) is 10.7 Å². The Morgan fingerprint density at radius 2 is 2.43 bits per heavy atom. The Labute approximate surface area is 82.8 Å². The molecule has 0 radical (unpaired) electrons. The molecular weight excluding hydrogens is 176 g/mol. The van der Waals surface area contributed by atoms with Crippen molar-refractivity contribution in [2.24, 2.45) is 5.73 Å². The first kappa shape index (κ1) is 9.15. The van der Waals surface area contributed by atoms with Crippen LogP contribution in [0.2, 0.25) is 0 Å². The van der Waals surface area contributed by atoms with E-state index in [0.29, 0.717) is 0 Å². The van der Waals surface area contributed by atoms with Crippen molar-refractivity contribution in [1.82, 2.24) is 14.6 Å². The predicted octanol–water partition coefficient (Wildman–Crippen LogP) is 1.01. The van der Waals surface area contributed by atoms with Crippen molar-refractivity contribution in [1.29, 1.82) is 0 Å². The van der Waals surface area contributed by atoms with Gasteiger partial charge in [0.2, 0.25) is 0 Å². The van der Waals surface area contributed by atoms with Gasteiger partial charge in [0.05, 0.1) is 6.20 Å². The highest BCUT2D eigenvalue weighted by Gasteiger charge is 1.99. The zero-order chi connectivity index (χ0) is 9.97. The van der Waals surface area contributed by atoms with E-state index in [4.69, 9.17) is 5.73 Å². The zero-order valence-electron chi connectivity index (χ0n) is 8.22. The van der Waals surface area contributed by atoms with Gasteiger partial charge in [-0.05, 0) is 25.3 Å². The van der Waals surface area contributed by atoms with Gasteiger partial charge in [0.1, 0.15) is 0 Å². The Hall–Kier alpha value is -1.42. The highest BCUT2D eigenvalue weighted by atomic mass is 15.2. The van der Waals surface area contributed by atoms with Crippen molar-refractivity contribution in [2.45, 2.75) is 25.8 Å². The maximum absolute atomic E-state index is 5.69. The van der Waals surface area contributed by atoms with Gasteiger partial charge in [0.25, 0.3) is 0 Å². The van der Waals surface area contributed by atoms with E-state index in [1.807, 2.05) is 25.4 Å². The van der Waals surface area contributed by atoms with Crippen LogP contribution in [-0.2, 0) is 6.42 Å². The number of aryl methyl sites for hydroxylation is 1. The summed E-state index contributed by atoms with van der Waals surface area (Å²) in [6.07, 6.45) is 7.58. The van der Waals surface area contributed by atoms with Gasteiger partial charge < -0.3 is 5.73 Å². The summed E-state index contributed by atoms with van der Waals surface area (Å²) in [6, 6.07) is 2.12. The molecule has 2 aromatic rings. The molecule has 0 unspecified atom stereocenters. The third kappa shape index (κ3) is 1.90. The lowest BCUT2D eigenvalue weighted by Gasteiger charge is -2.04. The Morgan fingerprint density at radius 1 is 1.57 bits per heavy atom. The topological polar surface area (TPSA) is 56.2 Å². The first-order valence-corrected chi connectivity index (χ1v) is 4.79. The third-order valence-corrected chi connectivity index (χ3v) is 2.19. The monoisotopic (exact) mass is 190 g/mol. The van der Waals surface area contributed by atoms with Crippen molar-refractivity contribution in [3.05, 3.63) is 30.2 Å². The highest BCUT2D eigenvalue weighted by Crippen LogP contribution is 2.05. The smallest absolute Gasteiger partial charge is 0.154 e. The maximum atomic E-state index is 5.69. The molecule has 0 bridgehead atoms. The fourth-order valence-corrected chi connectivity index (χ4v) is 1.37. The summed E-state index contributed by atoms with van der Waals surface area (Å²) in [5, 5.41) is 4.13. The van der Waals surface area contributed by atoms with Crippen molar-refractivity contribution >= 4 is 5.65 Å². The SMILES string of the molecule is C[C@H](N)CCc1cnc2ccnn2c1. The predicted molar refractivity (Wildman–Crippen MR) is 55.0 cm³/mol. The molecule has 4 nitrogen and oxygen atoms in total. The van der Waals surface area contributed by atoms with Crippen LogP contribution in [0.5, 0.6) is 0 Å². The van der Waals surface area contributed by atoms with Gasteiger partial charge in [-0.3, -0.25) is 0 Å².